The van der Waals surface area contributed by atoms with E-state index in [2.05, 4.69) is 31.9 Å². The van der Waals surface area contributed by atoms with Gasteiger partial charge in [-0.25, -0.2) is 9.18 Å². The molecule has 31 heavy (non-hydrogen) atoms. The first-order chi connectivity index (χ1) is 14.9. The number of carbonyl (C=O) groups excluding carboxylic acids is 2. The Morgan fingerprint density at radius 3 is 2.19 bits per heavy atom. The predicted octanol–water partition coefficient (Wildman–Crippen LogP) is 6.77. The van der Waals surface area contributed by atoms with Gasteiger partial charge >= 0.3 is 5.97 Å². The summed E-state index contributed by atoms with van der Waals surface area (Å²) in [6.07, 6.45) is 3.22. The van der Waals surface area contributed by atoms with Crippen molar-refractivity contribution in [2.45, 2.75) is 11.6 Å². The normalized spacial score (nSPS) is 14.1. The van der Waals surface area contributed by atoms with Gasteiger partial charge in [-0.2, -0.15) is 0 Å². The molecule has 3 nitrogen and oxygen atoms in total. The largest absolute Gasteiger partial charge is 0.466 e. The van der Waals surface area contributed by atoms with Crippen LogP contribution in [0.3, 0.4) is 0 Å². The highest BCUT2D eigenvalue weighted by atomic mass is 79.9. The van der Waals surface area contributed by atoms with E-state index in [1.54, 1.807) is 48.5 Å². The third-order valence-electron chi connectivity index (χ3n) is 4.82. The second kappa shape index (κ2) is 10.2. The Morgan fingerprint density at radius 1 is 0.935 bits per heavy atom. The molecule has 0 radical (unpaired) electrons. The molecule has 0 aromatic heterocycles. The SMILES string of the molecule is COC(=O)[C@@](F)(C(=O)c1ccccc1)[C@H](C=Cc1cccc(Br)c1)c1cccc(Br)c1. The highest BCUT2D eigenvalue weighted by Crippen LogP contribution is 2.39. The quantitative estimate of drug-likeness (QED) is 0.187. The third-order valence-corrected chi connectivity index (χ3v) is 5.80. The van der Waals surface area contributed by atoms with Crippen molar-refractivity contribution >= 4 is 49.7 Å². The second-order valence-electron chi connectivity index (χ2n) is 6.85. The van der Waals surface area contributed by atoms with E-state index in [1.807, 2.05) is 24.3 Å². The fourth-order valence-electron chi connectivity index (χ4n) is 3.30. The molecule has 0 N–H and O–H groups in total. The minimum absolute atomic E-state index is 0.0891. The lowest BCUT2D eigenvalue weighted by Gasteiger charge is -2.29. The third kappa shape index (κ3) is 5.20. The van der Waals surface area contributed by atoms with Crippen molar-refractivity contribution in [3.05, 3.63) is 111 Å². The maximum atomic E-state index is 16.6. The standard InChI is InChI=1S/C25H19Br2FO3/c1-31-24(30)25(28,23(29)18-8-3-2-4-9-18)22(19-10-6-12-21(27)16-19)14-13-17-7-5-11-20(26)15-17/h2-16,22H,1H3/t22-,25+/m1/s1. The van der Waals surface area contributed by atoms with Gasteiger partial charge in [-0.05, 0) is 35.4 Å². The molecule has 0 bridgehead atoms. The number of hydrogen-bond donors (Lipinski definition) is 0. The first kappa shape index (κ1) is 23.1. The number of Topliss-reactive ketones (excluding diaryl/α,β-unsaturated/α-hetero) is 1. The molecule has 0 spiro atoms. The molecule has 0 saturated carbocycles. The lowest BCUT2D eigenvalue weighted by molar-refractivity contribution is -0.151. The molecule has 158 valence electrons. The number of carbonyl (C=O) groups is 2. The van der Waals surface area contributed by atoms with Crippen molar-refractivity contribution in [2.24, 2.45) is 0 Å². The number of methoxy groups -OCH3 is 1. The highest BCUT2D eigenvalue weighted by Gasteiger charge is 2.54. The Morgan fingerprint density at radius 2 is 1.58 bits per heavy atom. The number of rotatable bonds is 7. The van der Waals surface area contributed by atoms with Crippen molar-refractivity contribution in [1.82, 2.24) is 0 Å². The average Bonchev–Trinajstić information content (AvgIpc) is 2.78. The van der Waals surface area contributed by atoms with E-state index in [0.717, 1.165) is 17.1 Å². The predicted molar refractivity (Wildman–Crippen MR) is 127 cm³/mol. The summed E-state index contributed by atoms with van der Waals surface area (Å²) in [5.74, 6) is -3.42. The Hall–Kier alpha value is -2.57. The molecule has 0 saturated heterocycles. The van der Waals surface area contributed by atoms with Crippen molar-refractivity contribution in [3.63, 3.8) is 0 Å². The molecule has 3 aromatic carbocycles. The number of halogens is 3. The maximum Gasteiger partial charge on any atom is 0.352 e. The monoisotopic (exact) mass is 544 g/mol. The fourth-order valence-corrected chi connectivity index (χ4v) is 4.13. The van der Waals surface area contributed by atoms with Crippen LogP contribution in [0.5, 0.6) is 0 Å². The first-order valence-electron chi connectivity index (χ1n) is 9.42. The van der Waals surface area contributed by atoms with Crippen LogP contribution in [0.15, 0.2) is 93.9 Å². The van der Waals surface area contributed by atoms with E-state index >= 15 is 4.39 Å². The Kier molecular flexibility index (Phi) is 7.57. The number of esters is 1. The van der Waals surface area contributed by atoms with Gasteiger partial charge in [0.25, 0.3) is 5.67 Å². The highest BCUT2D eigenvalue weighted by molar-refractivity contribution is 9.10. The molecule has 0 amide bonds. The summed E-state index contributed by atoms with van der Waals surface area (Å²) in [7, 11) is 1.07. The van der Waals surface area contributed by atoms with Gasteiger partial charge in [-0.15, -0.1) is 0 Å². The molecule has 0 fully saturated rings. The van der Waals surface area contributed by atoms with E-state index in [0.29, 0.717) is 10.0 Å². The van der Waals surface area contributed by atoms with Crippen LogP contribution in [0.2, 0.25) is 0 Å². The second-order valence-corrected chi connectivity index (χ2v) is 8.68. The molecule has 6 heteroatoms. The lowest BCUT2D eigenvalue weighted by atomic mass is 9.78. The smallest absolute Gasteiger partial charge is 0.352 e. The molecular formula is C25H19Br2FO3. The van der Waals surface area contributed by atoms with Gasteiger partial charge in [0, 0.05) is 14.5 Å². The number of ether oxygens (including phenoxy) is 1. The zero-order valence-corrected chi connectivity index (χ0v) is 19.8. The molecular weight excluding hydrogens is 527 g/mol. The van der Waals surface area contributed by atoms with Crippen LogP contribution in [-0.4, -0.2) is 24.5 Å². The van der Waals surface area contributed by atoms with Crippen molar-refractivity contribution < 1.29 is 18.7 Å². The maximum absolute atomic E-state index is 16.6. The van der Waals surface area contributed by atoms with Crippen LogP contribution in [-0.2, 0) is 9.53 Å². The minimum Gasteiger partial charge on any atom is -0.466 e. The van der Waals surface area contributed by atoms with Gasteiger partial charge in [0.1, 0.15) is 0 Å². The average molecular weight is 546 g/mol. The Balaban J connectivity index is 2.18. The van der Waals surface area contributed by atoms with Crippen molar-refractivity contribution in [1.29, 1.82) is 0 Å². The van der Waals surface area contributed by atoms with Gasteiger partial charge in [0.2, 0.25) is 5.78 Å². The van der Waals surface area contributed by atoms with E-state index in [-0.39, 0.29) is 5.56 Å². The zero-order chi connectivity index (χ0) is 22.4. The molecule has 3 rings (SSSR count). The molecule has 3 aromatic rings. The van der Waals surface area contributed by atoms with Crippen LogP contribution >= 0.6 is 31.9 Å². The van der Waals surface area contributed by atoms with Crippen LogP contribution in [0.4, 0.5) is 4.39 Å². The van der Waals surface area contributed by atoms with Gasteiger partial charge in [-0.3, -0.25) is 4.79 Å². The van der Waals surface area contributed by atoms with Gasteiger partial charge in [0.05, 0.1) is 13.0 Å². The van der Waals surface area contributed by atoms with Crippen LogP contribution in [0.1, 0.15) is 27.4 Å². The van der Waals surface area contributed by atoms with Crippen LogP contribution in [0, 0.1) is 0 Å². The molecule has 0 aliphatic heterocycles. The van der Waals surface area contributed by atoms with E-state index < -0.39 is 23.3 Å². The van der Waals surface area contributed by atoms with Crippen molar-refractivity contribution in [2.75, 3.05) is 7.11 Å². The molecule has 0 aliphatic rings. The Bertz CT molecular complexity index is 1110. The van der Waals surface area contributed by atoms with Gasteiger partial charge in [0.15, 0.2) is 0 Å². The van der Waals surface area contributed by atoms with Gasteiger partial charge < -0.3 is 4.74 Å². The summed E-state index contributed by atoms with van der Waals surface area (Å²) in [5, 5.41) is 0. The first-order valence-corrected chi connectivity index (χ1v) is 11.0. The number of hydrogen-bond acceptors (Lipinski definition) is 3. The van der Waals surface area contributed by atoms with E-state index in [9.17, 15) is 9.59 Å². The number of allylic oxidation sites excluding steroid dienone is 1. The number of ketones is 1. The van der Waals surface area contributed by atoms with Crippen molar-refractivity contribution in [3.8, 4) is 0 Å². The van der Waals surface area contributed by atoms with Crippen LogP contribution < -0.4 is 0 Å². The molecule has 0 unspecified atom stereocenters. The summed E-state index contributed by atoms with van der Waals surface area (Å²) in [5.41, 5.74) is -1.63. The summed E-state index contributed by atoms with van der Waals surface area (Å²) in [6, 6.07) is 22.2. The fraction of sp³-hybridized carbons (Fsp3) is 0.120. The van der Waals surface area contributed by atoms with Crippen LogP contribution in [0.25, 0.3) is 6.08 Å². The van der Waals surface area contributed by atoms with E-state index in [1.165, 1.54) is 18.2 Å². The number of alkyl halides is 1. The summed E-state index contributed by atoms with van der Waals surface area (Å²) >= 11 is 6.79. The molecule has 0 aliphatic carbocycles. The molecule has 2 atom stereocenters. The lowest BCUT2D eigenvalue weighted by Crippen LogP contribution is -2.48. The molecule has 0 heterocycles. The van der Waals surface area contributed by atoms with Gasteiger partial charge in [-0.1, -0.05) is 98.6 Å². The van der Waals surface area contributed by atoms with E-state index in [4.69, 9.17) is 4.74 Å². The minimum atomic E-state index is -2.96. The zero-order valence-electron chi connectivity index (χ0n) is 16.6. The summed E-state index contributed by atoms with van der Waals surface area (Å²) < 4.78 is 23.0. The Labute approximate surface area is 197 Å². The number of benzene rings is 3. The topological polar surface area (TPSA) is 43.4 Å². The summed E-state index contributed by atoms with van der Waals surface area (Å²) in [6.45, 7) is 0. The summed E-state index contributed by atoms with van der Waals surface area (Å²) in [4.78, 5) is 26.0.